The largest absolute Gasteiger partial charge is 0.360 e. The molecule has 0 spiro atoms. The van der Waals surface area contributed by atoms with Gasteiger partial charge in [-0.1, -0.05) is 5.16 Å². The standard InChI is InChI=1S/C15H21N3O2/c1-10-8-17-6-2-3-12(17)9-18(10)15(19)13-7-14(20-16-13)11-4-5-11/h7,10-12H,2-6,8-9H2,1H3/t10-,12-/m0/s1. The average molecular weight is 275 g/mol. The molecule has 3 fully saturated rings. The Hall–Kier alpha value is -1.36. The van der Waals surface area contributed by atoms with E-state index in [1.54, 1.807) is 0 Å². The van der Waals surface area contributed by atoms with Gasteiger partial charge in [-0.2, -0.15) is 0 Å². The van der Waals surface area contributed by atoms with Crippen LogP contribution >= 0.6 is 0 Å². The summed E-state index contributed by atoms with van der Waals surface area (Å²) in [6.45, 7) is 5.15. The molecule has 0 aromatic carbocycles. The van der Waals surface area contributed by atoms with Gasteiger partial charge < -0.3 is 9.42 Å². The van der Waals surface area contributed by atoms with Gasteiger partial charge in [0.2, 0.25) is 0 Å². The summed E-state index contributed by atoms with van der Waals surface area (Å²) in [6.07, 6.45) is 4.80. The minimum absolute atomic E-state index is 0.0414. The molecule has 3 aliphatic rings. The number of piperazine rings is 1. The predicted octanol–water partition coefficient (Wildman–Crippen LogP) is 1.86. The second-order valence-electron chi connectivity index (χ2n) is 6.49. The monoisotopic (exact) mass is 275 g/mol. The van der Waals surface area contributed by atoms with Gasteiger partial charge in [0.05, 0.1) is 0 Å². The van der Waals surface area contributed by atoms with Crippen LogP contribution in [0.2, 0.25) is 0 Å². The molecule has 20 heavy (non-hydrogen) atoms. The highest BCUT2D eigenvalue weighted by Gasteiger charge is 2.38. The van der Waals surface area contributed by atoms with Crippen LogP contribution in [0.5, 0.6) is 0 Å². The Bertz CT molecular complexity index is 523. The van der Waals surface area contributed by atoms with Crippen molar-refractivity contribution in [1.82, 2.24) is 15.0 Å². The summed E-state index contributed by atoms with van der Waals surface area (Å²) in [5, 5.41) is 3.99. The Kier molecular flexibility index (Phi) is 2.84. The number of carbonyl (C=O) groups excluding carboxylic acids is 1. The van der Waals surface area contributed by atoms with E-state index in [0.29, 0.717) is 17.7 Å². The van der Waals surface area contributed by atoms with E-state index in [0.717, 1.165) is 18.8 Å². The lowest BCUT2D eigenvalue weighted by molar-refractivity contribution is 0.0386. The van der Waals surface area contributed by atoms with Gasteiger partial charge >= 0.3 is 0 Å². The van der Waals surface area contributed by atoms with Crippen LogP contribution in [0, 0.1) is 0 Å². The van der Waals surface area contributed by atoms with Crippen molar-refractivity contribution in [2.45, 2.75) is 50.6 Å². The van der Waals surface area contributed by atoms with E-state index < -0.39 is 0 Å². The maximum atomic E-state index is 12.6. The zero-order chi connectivity index (χ0) is 13.7. The molecule has 5 nitrogen and oxygen atoms in total. The molecule has 2 saturated heterocycles. The molecule has 0 radical (unpaired) electrons. The Morgan fingerprint density at radius 2 is 2.20 bits per heavy atom. The molecule has 1 aromatic heterocycles. The molecule has 1 aromatic rings. The third-order valence-electron chi connectivity index (χ3n) is 4.93. The smallest absolute Gasteiger partial charge is 0.276 e. The van der Waals surface area contributed by atoms with Crippen molar-refractivity contribution in [3.63, 3.8) is 0 Å². The first kappa shape index (κ1) is 12.4. The Labute approximate surface area is 118 Å². The van der Waals surface area contributed by atoms with Crippen molar-refractivity contribution < 1.29 is 9.32 Å². The molecule has 0 bridgehead atoms. The highest BCUT2D eigenvalue weighted by Crippen LogP contribution is 2.40. The van der Waals surface area contributed by atoms with Crippen molar-refractivity contribution in [1.29, 1.82) is 0 Å². The van der Waals surface area contributed by atoms with Crippen molar-refractivity contribution in [3.05, 3.63) is 17.5 Å². The van der Waals surface area contributed by atoms with Gasteiger partial charge in [-0.15, -0.1) is 0 Å². The quantitative estimate of drug-likeness (QED) is 0.826. The highest BCUT2D eigenvalue weighted by molar-refractivity contribution is 5.92. The van der Waals surface area contributed by atoms with Gasteiger partial charge in [-0.3, -0.25) is 9.69 Å². The SMILES string of the molecule is C[C@H]1CN2CCC[C@H]2CN1C(=O)c1cc(C2CC2)on1. The number of nitrogens with zero attached hydrogens (tertiary/aromatic N) is 3. The third kappa shape index (κ3) is 2.04. The van der Waals surface area contributed by atoms with Gasteiger partial charge in [-0.05, 0) is 39.2 Å². The van der Waals surface area contributed by atoms with Crippen LogP contribution in [0.4, 0.5) is 0 Å². The van der Waals surface area contributed by atoms with E-state index in [1.807, 2.05) is 11.0 Å². The van der Waals surface area contributed by atoms with E-state index in [1.165, 1.54) is 32.2 Å². The van der Waals surface area contributed by atoms with Gasteiger partial charge in [0.15, 0.2) is 5.69 Å². The third-order valence-corrected chi connectivity index (χ3v) is 4.93. The van der Waals surface area contributed by atoms with Crippen molar-refractivity contribution in [2.75, 3.05) is 19.6 Å². The van der Waals surface area contributed by atoms with E-state index in [2.05, 4.69) is 17.0 Å². The molecular formula is C15H21N3O2. The Morgan fingerprint density at radius 1 is 1.35 bits per heavy atom. The van der Waals surface area contributed by atoms with Crippen LogP contribution in [0.3, 0.4) is 0 Å². The van der Waals surface area contributed by atoms with Crippen LogP contribution in [0.1, 0.15) is 54.8 Å². The van der Waals surface area contributed by atoms with Crippen LogP contribution in [-0.4, -0.2) is 52.6 Å². The van der Waals surface area contributed by atoms with Crippen LogP contribution in [0.25, 0.3) is 0 Å². The molecule has 4 rings (SSSR count). The lowest BCUT2D eigenvalue weighted by Gasteiger charge is -2.41. The first-order valence-corrected chi connectivity index (χ1v) is 7.74. The normalized spacial score (nSPS) is 30.6. The predicted molar refractivity (Wildman–Crippen MR) is 73.6 cm³/mol. The number of rotatable bonds is 2. The fraction of sp³-hybridized carbons (Fsp3) is 0.733. The summed E-state index contributed by atoms with van der Waals surface area (Å²) < 4.78 is 5.31. The Morgan fingerprint density at radius 3 is 3.00 bits per heavy atom. The number of aromatic nitrogens is 1. The minimum Gasteiger partial charge on any atom is -0.360 e. The highest BCUT2D eigenvalue weighted by atomic mass is 16.5. The summed E-state index contributed by atoms with van der Waals surface area (Å²) in [4.78, 5) is 17.1. The van der Waals surface area contributed by atoms with Crippen molar-refractivity contribution >= 4 is 5.91 Å². The zero-order valence-corrected chi connectivity index (χ0v) is 11.9. The maximum Gasteiger partial charge on any atom is 0.276 e. The van der Waals surface area contributed by atoms with E-state index in [-0.39, 0.29) is 11.9 Å². The first-order chi connectivity index (χ1) is 9.72. The maximum absolute atomic E-state index is 12.6. The van der Waals surface area contributed by atoms with Crippen LogP contribution < -0.4 is 0 Å². The average Bonchev–Trinajstić information content (AvgIpc) is 3.00. The molecule has 0 unspecified atom stereocenters. The van der Waals surface area contributed by atoms with Gasteiger partial charge in [0, 0.05) is 37.2 Å². The number of carbonyl (C=O) groups is 1. The summed E-state index contributed by atoms with van der Waals surface area (Å²) in [7, 11) is 0. The topological polar surface area (TPSA) is 49.6 Å². The van der Waals surface area contributed by atoms with Gasteiger partial charge in [0.1, 0.15) is 5.76 Å². The molecular weight excluding hydrogens is 254 g/mol. The number of hydrogen-bond donors (Lipinski definition) is 0. The van der Waals surface area contributed by atoms with E-state index in [4.69, 9.17) is 4.52 Å². The van der Waals surface area contributed by atoms with Gasteiger partial charge in [0.25, 0.3) is 5.91 Å². The number of fused-ring (bicyclic) bond motifs is 1. The number of amides is 1. The second kappa shape index (κ2) is 4.58. The summed E-state index contributed by atoms with van der Waals surface area (Å²) in [5.74, 6) is 1.44. The molecule has 1 aliphatic carbocycles. The van der Waals surface area contributed by atoms with Crippen molar-refractivity contribution in [3.8, 4) is 0 Å². The van der Waals surface area contributed by atoms with Gasteiger partial charge in [-0.25, -0.2) is 0 Å². The fourth-order valence-corrected chi connectivity index (χ4v) is 3.57. The number of hydrogen-bond acceptors (Lipinski definition) is 4. The molecule has 5 heteroatoms. The first-order valence-electron chi connectivity index (χ1n) is 7.74. The Balaban J connectivity index is 1.51. The molecule has 3 heterocycles. The van der Waals surface area contributed by atoms with Crippen molar-refractivity contribution in [2.24, 2.45) is 0 Å². The van der Waals surface area contributed by atoms with Crippen LogP contribution in [-0.2, 0) is 0 Å². The van der Waals surface area contributed by atoms with E-state index in [9.17, 15) is 4.79 Å². The van der Waals surface area contributed by atoms with Crippen LogP contribution in [0.15, 0.2) is 10.6 Å². The second-order valence-corrected chi connectivity index (χ2v) is 6.49. The summed E-state index contributed by atoms with van der Waals surface area (Å²) in [5.41, 5.74) is 0.491. The molecule has 0 N–H and O–H groups in total. The molecule has 2 atom stereocenters. The summed E-state index contributed by atoms with van der Waals surface area (Å²) in [6, 6.07) is 2.66. The summed E-state index contributed by atoms with van der Waals surface area (Å²) >= 11 is 0. The lowest BCUT2D eigenvalue weighted by Crippen LogP contribution is -2.56. The molecule has 2 aliphatic heterocycles. The molecule has 1 amide bonds. The molecule has 108 valence electrons. The molecule has 1 saturated carbocycles. The van der Waals surface area contributed by atoms with E-state index >= 15 is 0 Å². The lowest BCUT2D eigenvalue weighted by atomic mass is 10.1. The fourth-order valence-electron chi connectivity index (χ4n) is 3.57. The zero-order valence-electron chi connectivity index (χ0n) is 11.9. The minimum atomic E-state index is 0.0414.